The van der Waals surface area contributed by atoms with Gasteiger partial charge in [0.05, 0.1) is 5.56 Å². The molecule has 0 bridgehead atoms. The number of phenolic OH excluding ortho intramolecular Hbond substituents is 1. The van der Waals surface area contributed by atoms with Crippen LogP contribution in [-0.2, 0) is 0 Å². The highest BCUT2D eigenvalue weighted by atomic mass is 16.3. The molecular weight excluding hydrogens is 240 g/mol. The Balaban J connectivity index is 2.72. The number of benzene rings is 1. The first-order valence-electron chi connectivity index (χ1n) is 6.69. The van der Waals surface area contributed by atoms with Crippen molar-refractivity contribution in [2.24, 2.45) is 17.8 Å². The molecule has 106 valence electrons. The first-order chi connectivity index (χ1) is 8.82. The lowest BCUT2D eigenvalue weighted by Gasteiger charge is -2.25. The number of anilines is 1. The summed E-state index contributed by atoms with van der Waals surface area (Å²) in [5.74, 6) is 1.23. The molecule has 4 nitrogen and oxygen atoms in total. The van der Waals surface area contributed by atoms with Gasteiger partial charge in [0.1, 0.15) is 5.75 Å². The fourth-order valence-electron chi connectivity index (χ4n) is 2.29. The minimum atomic E-state index is -0.236. The van der Waals surface area contributed by atoms with Crippen LogP contribution < -0.4 is 11.1 Å². The molecule has 0 aliphatic rings. The third-order valence-electron chi connectivity index (χ3n) is 3.49. The van der Waals surface area contributed by atoms with Crippen LogP contribution in [0.2, 0.25) is 0 Å². The number of carbonyl (C=O) groups excluding carboxylic acids is 1. The van der Waals surface area contributed by atoms with Gasteiger partial charge in [-0.1, -0.05) is 27.7 Å². The molecule has 0 saturated heterocycles. The number of aromatic hydroxyl groups is 1. The fourth-order valence-corrected chi connectivity index (χ4v) is 2.29. The molecule has 0 saturated carbocycles. The zero-order chi connectivity index (χ0) is 14.6. The minimum Gasteiger partial charge on any atom is -0.508 e. The molecule has 19 heavy (non-hydrogen) atoms. The highest BCUT2D eigenvalue weighted by Crippen LogP contribution is 2.21. The second-order valence-electron chi connectivity index (χ2n) is 5.63. The van der Waals surface area contributed by atoms with Crippen molar-refractivity contribution in [2.45, 2.75) is 27.7 Å². The van der Waals surface area contributed by atoms with E-state index < -0.39 is 0 Å². The molecule has 0 unspecified atom stereocenters. The zero-order valence-electron chi connectivity index (χ0n) is 12.1. The first kappa shape index (κ1) is 15.3. The van der Waals surface area contributed by atoms with Gasteiger partial charge in [0.15, 0.2) is 0 Å². The van der Waals surface area contributed by atoms with E-state index in [1.165, 1.54) is 18.2 Å². The number of phenols is 1. The van der Waals surface area contributed by atoms with Gasteiger partial charge in [0.25, 0.3) is 5.91 Å². The predicted octanol–water partition coefficient (Wildman–Crippen LogP) is 2.63. The van der Waals surface area contributed by atoms with E-state index in [0.29, 0.717) is 35.5 Å². The highest BCUT2D eigenvalue weighted by molar-refractivity contribution is 5.99. The summed E-state index contributed by atoms with van der Waals surface area (Å²) in [6.07, 6.45) is 0. The maximum absolute atomic E-state index is 12.1. The van der Waals surface area contributed by atoms with Crippen LogP contribution in [0.4, 0.5) is 5.69 Å². The van der Waals surface area contributed by atoms with E-state index in [-0.39, 0.29) is 11.7 Å². The van der Waals surface area contributed by atoms with Crippen molar-refractivity contribution in [3.05, 3.63) is 23.8 Å². The Labute approximate surface area is 115 Å². The van der Waals surface area contributed by atoms with Gasteiger partial charge in [-0.25, -0.2) is 0 Å². The number of nitrogens with one attached hydrogen (secondary N) is 1. The Morgan fingerprint density at radius 2 is 1.84 bits per heavy atom. The van der Waals surface area contributed by atoms with E-state index in [1.54, 1.807) is 0 Å². The van der Waals surface area contributed by atoms with Crippen LogP contribution in [0.5, 0.6) is 5.75 Å². The van der Waals surface area contributed by atoms with Gasteiger partial charge >= 0.3 is 0 Å². The van der Waals surface area contributed by atoms with Crippen LogP contribution in [0.1, 0.15) is 38.1 Å². The molecule has 0 fully saturated rings. The first-order valence-corrected chi connectivity index (χ1v) is 6.69. The van der Waals surface area contributed by atoms with Crippen LogP contribution in [0.25, 0.3) is 0 Å². The largest absolute Gasteiger partial charge is 0.508 e. The molecule has 0 atom stereocenters. The number of hydrogen-bond acceptors (Lipinski definition) is 3. The van der Waals surface area contributed by atoms with Gasteiger partial charge in [-0.3, -0.25) is 4.79 Å². The standard InChI is InChI=1S/C15H24N2O2/c1-9(2)13(10(3)4)8-17-15(19)12-7-11(18)5-6-14(12)16/h5-7,9-10,13,18H,8,16H2,1-4H3,(H,17,19). The molecule has 1 aromatic rings. The molecule has 0 radical (unpaired) electrons. The zero-order valence-corrected chi connectivity index (χ0v) is 12.1. The Morgan fingerprint density at radius 3 is 2.37 bits per heavy atom. The summed E-state index contributed by atoms with van der Waals surface area (Å²) < 4.78 is 0. The molecule has 0 spiro atoms. The Morgan fingerprint density at radius 1 is 1.26 bits per heavy atom. The number of amides is 1. The van der Waals surface area contributed by atoms with Gasteiger partial charge in [0, 0.05) is 12.2 Å². The van der Waals surface area contributed by atoms with Crippen molar-refractivity contribution in [2.75, 3.05) is 12.3 Å². The van der Waals surface area contributed by atoms with E-state index in [2.05, 4.69) is 33.0 Å². The smallest absolute Gasteiger partial charge is 0.253 e. The quantitative estimate of drug-likeness (QED) is 0.565. The maximum atomic E-state index is 12.1. The van der Waals surface area contributed by atoms with Crippen LogP contribution in [-0.4, -0.2) is 17.6 Å². The highest BCUT2D eigenvalue weighted by Gasteiger charge is 2.19. The second kappa shape index (κ2) is 6.45. The van der Waals surface area contributed by atoms with E-state index in [9.17, 15) is 9.90 Å². The lowest BCUT2D eigenvalue weighted by molar-refractivity contribution is 0.0937. The molecule has 1 amide bonds. The van der Waals surface area contributed by atoms with Crippen molar-refractivity contribution in [3.8, 4) is 5.75 Å². The third-order valence-corrected chi connectivity index (χ3v) is 3.49. The van der Waals surface area contributed by atoms with E-state index >= 15 is 0 Å². The molecule has 4 N–H and O–H groups in total. The van der Waals surface area contributed by atoms with E-state index in [1.807, 2.05) is 0 Å². The van der Waals surface area contributed by atoms with Gasteiger partial charge < -0.3 is 16.2 Å². The Hall–Kier alpha value is -1.71. The lowest BCUT2D eigenvalue weighted by Crippen LogP contribution is -2.34. The topological polar surface area (TPSA) is 75.3 Å². The summed E-state index contributed by atoms with van der Waals surface area (Å²) >= 11 is 0. The molecule has 0 heterocycles. The number of nitrogen functional groups attached to an aromatic ring is 1. The lowest BCUT2D eigenvalue weighted by atomic mass is 9.85. The number of hydrogen-bond donors (Lipinski definition) is 3. The SMILES string of the molecule is CC(C)C(CNC(=O)c1cc(O)ccc1N)C(C)C. The molecule has 0 aromatic heterocycles. The summed E-state index contributed by atoms with van der Waals surface area (Å²) in [6, 6.07) is 4.40. The summed E-state index contributed by atoms with van der Waals surface area (Å²) in [5, 5.41) is 12.3. The van der Waals surface area contributed by atoms with Crippen LogP contribution in [0.3, 0.4) is 0 Å². The van der Waals surface area contributed by atoms with Gasteiger partial charge in [-0.2, -0.15) is 0 Å². The average molecular weight is 264 g/mol. The van der Waals surface area contributed by atoms with Crippen molar-refractivity contribution < 1.29 is 9.90 Å². The average Bonchev–Trinajstić information content (AvgIpc) is 2.31. The van der Waals surface area contributed by atoms with Crippen molar-refractivity contribution in [1.29, 1.82) is 0 Å². The molecular formula is C15H24N2O2. The summed E-state index contributed by atoms with van der Waals surface area (Å²) in [5.41, 5.74) is 6.45. The van der Waals surface area contributed by atoms with Crippen LogP contribution in [0.15, 0.2) is 18.2 Å². The monoisotopic (exact) mass is 264 g/mol. The maximum Gasteiger partial charge on any atom is 0.253 e. The molecule has 1 rings (SSSR count). The predicted molar refractivity (Wildman–Crippen MR) is 78.0 cm³/mol. The Kier molecular flexibility index (Phi) is 5.21. The normalized spacial score (nSPS) is 11.3. The van der Waals surface area contributed by atoms with Gasteiger partial charge in [-0.15, -0.1) is 0 Å². The minimum absolute atomic E-state index is 0.0450. The van der Waals surface area contributed by atoms with Gasteiger partial charge in [-0.05, 0) is 36.0 Å². The number of carbonyl (C=O) groups is 1. The van der Waals surface area contributed by atoms with Crippen molar-refractivity contribution in [3.63, 3.8) is 0 Å². The van der Waals surface area contributed by atoms with E-state index in [0.717, 1.165) is 0 Å². The van der Waals surface area contributed by atoms with Crippen LogP contribution in [0, 0.1) is 17.8 Å². The van der Waals surface area contributed by atoms with Gasteiger partial charge in [0.2, 0.25) is 0 Å². The third kappa shape index (κ3) is 4.16. The molecule has 0 aliphatic heterocycles. The number of nitrogens with two attached hydrogens (primary N) is 1. The Bertz CT molecular complexity index is 434. The van der Waals surface area contributed by atoms with Crippen molar-refractivity contribution >= 4 is 11.6 Å². The molecule has 4 heteroatoms. The van der Waals surface area contributed by atoms with Crippen LogP contribution >= 0.6 is 0 Å². The van der Waals surface area contributed by atoms with Crippen molar-refractivity contribution in [1.82, 2.24) is 5.32 Å². The summed E-state index contributed by atoms with van der Waals surface area (Å²) in [7, 11) is 0. The molecule has 1 aromatic carbocycles. The summed E-state index contributed by atoms with van der Waals surface area (Å²) in [4.78, 5) is 12.1. The second-order valence-corrected chi connectivity index (χ2v) is 5.63. The summed E-state index contributed by atoms with van der Waals surface area (Å²) in [6.45, 7) is 9.22. The molecule has 0 aliphatic carbocycles. The van der Waals surface area contributed by atoms with E-state index in [4.69, 9.17) is 5.73 Å². The fraction of sp³-hybridized carbons (Fsp3) is 0.533. The number of rotatable bonds is 5.